The molecule has 4 rings (SSSR count). The number of likely N-dealkylation sites (tertiary alicyclic amines) is 1. The summed E-state index contributed by atoms with van der Waals surface area (Å²) in [5, 5.41) is 4.96. The molecule has 0 aliphatic carbocycles. The second kappa shape index (κ2) is 10.3. The molecule has 2 saturated heterocycles. The van der Waals surface area contributed by atoms with Gasteiger partial charge in [-0.3, -0.25) is 19.3 Å². The summed E-state index contributed by atoms with van der Waals surface area (Å²) in [5.74, 6) is 0.245. The van der Waals surface area contributed by atoms with Crippen LogP contribution in [0.4, 0.5) is 0 Å². The average Bonchev–Trinajstić information content (AvgIpc) is 2.83. The fourth-order valence-corrected chi connectivity index (χ4v) is 4.87. The molecule has 176 valence electrons. The molecule has 0 saturated carbocycles. The van der Waals surface area contributed by atoms with Gasteiger partial charge in [-0.15, -0.1) is 0 Å². The van der Waals surface area contributed by atoms with Crippen LogP contribution in [0, 0.1) is 5.92 Å². The highest BCUT2D eigenvalue weighted by atomic mass is 16.2. The van der Waals surface area contributed by atoms with E-state index in [1.807, 2.05) is 66.1 Å². The molecule has 1 N–H and O–H groups in total. The van der Waals surface area contributed by atoms with Crippen LogP contribution < -0.4 is 5.32 Å². The average molecular weight is 451 g/mol. The Morgan fingerprint density at radius 3 is 2.24 bits per heavy atom. The van der Waals surface area contributed by atoms with E-state index < -0.39 is 0 Å². The summed E-state index contributed by atoms with van der Waals surface area (Å²) in [7, 11) is 0. The Balaban J connectivity index is 1.27. The van der Waals surface area contributed by atoms with E-state index in [1.54, 1.807) is 0 Å². The summed E-state index contributed by atoms with van der Waals surface area (Å²) in [4.78, 5) is 44.2. The lowest BCUT2D eigenvalue weighted by atomic mass is 9.94. The van der Waals surface area contributed by atoms with Crippen molar-refractivity contribution in [1.29, 1.82) is 0 Å². The molecule has 0 bridgehead atoms. The van der Waals surface area contributed by atoms with E-state index in [4.69, 9.17) is 0 Å². The molecule has 33 heavy (non-hydrogen) atoms. The van der Waals surface area contributed by atoms with E-state index in [0.717, 1.165) is 29.4 Å². The summed E-state index contributed by atoms with van der Waals surface area (Å²) in [6.07, 6.45) is 1.40. The molecule has 0 atom stereocenters. The first-order valence-electron chi connectivity index (χ1n) is 12.0. The number of hydrogen-bond donors (Lipinski definition) is 1. The van der Waals surface area contributed by atoms with E-state index in [9.17, 15) is 14.4 Å². The Bertz CT molecular complexity index is 1000. The third-order valence-electron chi connectivity index (χ3n) is 6.65. The number of carbonyl (C=O) groups is 3. The third-order valence-corrected chi connectivity index (χ3v) is 6.65. The van der Waals surface area contributed by atoms with Gasteiger partial charge in [0.2, 0.25) is 11.8 Å². The van der Waals surface area contributed by atoms with Crippen LogP contribution in [-0.4, -0.2) is 84.3 Å². The molecule has 0 aromatic heterocycles. The minimum Gasteiger partial charge on any atom is -0.353 e. The molecular formula is C26H34N4O3. The highest BCUT2D eigenvalue weighted by molar-refractivity contribution is 6.07. The van der Waals surface area contributed by atoms with E-state index in [-0.39, 0.29) is 29.7 Å². The number of nitrogens with zero attached hydrogens (tertiary/aromatic N) is 3. The fourth-order valence-electron chi connectivity index (χ4n) is 4.87. The summed E-state index contributed by atoms with van der Waals surface area (Å²) in [6, 6.07) is 13.9. The van der Waals surface area contributed by atoms with Gasteiger partial charge < -0.3 is 15.1 Å². The topological polar surface area (TPSA) is 73.0 Å². The van der Waals surface area contributed by atoms with Crippen LogP contribution in [0.1, 0.15) is 37.0 Å². The van der Waals surface area contributed by atoms with E-state index in [2.05, 4.69) is 10.2 Å². The summed E-state index contributed by atoms with van der Waals surface area (Å²) < 4.78 is 0. The predicted molar refractivity (Wildman–Crippen MR) is 129 cm³/mol. The molecule has 2 heterocycles. The molecule has 7 nitrogen and oxygen atoms in total. The summed E-state index contributed by atoms with van der Waals surface area (Å²) >= 11 is 0. The minimum atomic E-state index is -0.0302. The van der Waals surface area contributed by atoms with Crippen molar-refractivity contribution in [3.8, 4) is 0 Å². The molecule has 2 fully saturated rings. The van der Waals surface area contributed by atoms with Crippen LogP contribution in [-0.2, 0) is 9.59 Å². The van der Waals surface area contributed by atoms with Gasteiger partial charge in [0.1, 0.15) is 0 Å². The second-order valence-electron chi connectivity index (χ2n) is 9.42. The number of fused-ring (bicyclic) bond motifs is 1. The van der Waals surface area contributed by atoms with E-state index in [1.165, 1.54) is 0 Å². The lowest BCUT2D eigenvalue weighted by Gasteiger charge is -2.38. The van der Waals surface area contributed by atoms with E-state index >= 15 is 0 Å². The monoisotopic (exact) mass is 450 g/mol. The molecule has 7 heteroatoms. The van der Waals surface area contributed by atoms with Crippen LogP contribution in [0.15, 0.2) is 42.5 Å². The zero-order valence-corrected chi connectivity index (χ0v) is 19.6. The normalized spacial score (nSPS) is 18.0. The van der Waals surface area contributed by atoms with Crippen molar-refractivity contribution in [2.75, 3.05) is 45.8 Å². The molecule has 2 aromatic carbocycles. The Kier molecular flexibility index (Phi) is 7.28. The number of benzene rings is 2. The maximum absolute atomic E-state index is 13.2. The highest BCUT2D eigenvalue weighted by Crippen LogP contribution is 2.25. The molecule has 3 amide bonds. The van der Waals surface area contributed by atoms with Gasteiger partial charge in [0.15, 0.2) is 0 Å². The van der Waals surface area contributed by atoms with Gasteiger partial charge in [-0.1, -0.05) is 36.4 Å². The number of nitrogens with one attached hydrogen (secondary N) is 1. The SMILES string of the molecule is CC(C)NC(=O)CN1CCN(C(=O)C2CCN(C(=O)c3cccc4ccccc34)CC2)CC1. The molecule has 2 aliphatic rings. The molecular weight excluding hydrogens is 416 g/mol. The van der Waals surface area contributed by atoms with Gasteiger partial charge in [-0.05, 0) is 43.5 Å². The minimum absolute atomic E-state index is 0.0302. The van der Waals surface area contributed by atoms with Crippen molar-refractivity contribution in [2.24, 2.45) is 5.92 Å². The number of piperazine rings is 1. The maximum Gasteiger partial charge on any atom is 0.254 e. The van der Waals surface area contributed by atoms with Crippen molar-refractivity contribution < 1.29 is 14.4 Å². The second-order valence-corrected chi connectivity index (χ2v) is 9.42. The lowest BCUT2D eigenvalue weighted by Crippen LogP contribution is -2.53. The number of amides is 3. The summed E-state index contributed by atoms with van der Waals surface area (Å²) in [6.45, 7) is 8.25. The van der Waals surface area contributed by atoms with Gasteiger partial charge in [0.25, 0.3) is 5.91 Å². The van der Waals surface area contributed by atoms with Crippen LogP contribution in [0.25, 0.3) is 10.8 Å². The number of piperidine rings is 1. The standard InChI is InChI=1S/C26H34N4O3/c1-19(2)27-24(31)18-28-14-16-30(17-15-28)25(32)21-10-12-29(13-11-21)26(33)23-9-5-7-20-6-3-4-8-22(20)23/h3-9,19,21H,10-18H2,1-2H3,(H,27,31). The van der Waals surface area contributed by atoms with Crippen molar-refractivity contribution in [3.05, 3.63) is 48.0 Å². The number of hydrogen-bond acceptors (Lipinski definition) is 4. The fraction of sp³-hybridized carbons (Fsp3) is 0.500. The van der Waals surface area contributed by atoms with Gasteiger partial charge >= 0.3 is 0 Å². The molecule has 0 unspecified atom stereocenters. The van der Waals surface area contributed by atoms with Crippen LogP contribution >= 0.6 is 0 Å². The first-order valence-corrected chi connectivity index (χ1v) is 12.0. The zero-order chi connectivity index (χ0) is 23.4. The van der Waals surface area contributed by atoms with Crippen molar-refractivity contribution in [3.63, 3.8) is 0 Å². The highest BCUT2D eigenvalue weighted by Gasteiger charge is 2.32. The van der Waals surface area contributed by atoms with Crippen molar-refractivity contribution in [1.82, 2.24) is 20.0 Å². The molecule has 2 aromatic rings. The Hall–Kier alpha value is -2.93. The van der Waals surface area contributed by atoms with Crippen LogP contribution in [0.2, 0.25) is 0 Å². The first-order chi connectivity index (χ1) is 15.9. The van der Waals surface area contributed by atoms with Gasteiger partial charge in [0.05, 0.1) is 6.54 Å². The van der Waals surface area contributed by atoms with Gasteiger partial charge in [0, 0.05) is 56.8 Å². The van der Waals surface area contributed by atoms with Crippen molar-refractivity contribution in [2.45, 2.75) is 32.7 Å². The number of carbonyl (C=O) groups excluding carboxylic acids is 3. The van der Waals surface area contributed by atoms with E-state index in [0.29, 0.717) is 45.6 Å². The molecule has 2 aliphatic heterocycles. The Labute approximate surface area is 195 Å². The Morgan fingerprint density at radius 2 is 1.55 bits per heavy atom. The predicted octanol–water partition coefficient (Wildman–Crippen LogP) is 2.36. The zero-order valence-electron chi connectivity index (χ0n) is 19.6. The largest absolute Gasteiger partial charge is 0.353 e. The van der Waals surface area contributed by atoms with Crippen LogP contribution in [0.3, 0.4) is 0 Å². The number of rotatable bonds is 5. The Morgan fingerprint density at radius 1 is 0.879 bits per heavy atom. The van der Waals surface area contributed by atoms with Crippen LogP contribution in [0.5, 0.6) is 0 Å². The first kappa shape index (κ1) is 23.2. The quantitative estimate of drug-likeness (QED) is 0.759. The third kappa shape index (κ3) is 5.53. The molecule has 0 radical (unpaired) electrons. The molecule has 0 spiro atoms. The smallest absolute Gasteiger partial charge is 0.254 e. The van der Waals surface area contributed by atoms with Gasteiger partial charge in [-0.2, -0.15) is 0 Å². The summed E-state index contributed by atoms with van der Waals surface area (Å²) in [5.41, 5.74) is 0.732. The van der Waals surface area contributed by atoms with Crippen molar-refractivity contribution >= 4 is 28.5 Å². The van der Waals surface area contributed by atoms with Gasteiger partial charge in [-0.25, -0.2) is 0 Å². The lowest BCUT2D eigenvalue weighted by molar-refractivity contribution is -0.138. The maximum atomic E-state index is 13.2.